The number of hydrogen-bond donors (Lipinski definition) is 0. The molecule has 7 aromatic rings. The molecule has 1 nitrogen and oxygen atoms in total. The minimum absolute atomic E-state index is 1.25. The zero-order valence-corrected chi connectivity index (χ0v) is 17.3. The van der Waals surface area contributed by atoms with Gasteiger partial charge in [0.15, 0.2) is 0 Å². The topological polar surface area (TPSA) is 4.10 Å². The number of para-hydroxylation sites is 1. The number of fused-ring (bicyclic) bond motifs is 6. The van der Waals surface area contributed by atoms with Crippen LogP contribution in [0.25, 0.3) is 60.0 Å². The van der Waals surface area contributed by atoms with Crippen molar-refractivity contribution in [2.24, 2.45) is 0 Å². The molecule has 0 aliphatic carbocycles. The number of aromatic nitrogens is 1. The number of benzene rings is 4. The van der Waals surface area contributed by atoms with Gasteiger partial charge in [-0.05, 0) is 42.3 Å². The standard InChI is InChI=1S/C30H20N/c1-19-14-15-24-27(16-19)26-13-7-12-25-22-10-5-6-11-23(22)28-17-21(20-8-3-2-4-9-20)18-29(24)31(28)30(25)26/h2-18H,1H3/q+1. The summed E-state index contributed by atoms with van der Waals surface area (Å²) in [6.45, 7) is 2.18. The molecule has 0 N–H and O–H groups in total. The molecule has 31 heavy (non-hydrogen) atoms. The Balaban J connectivity index is 1.85. The highest BCUT2D eigenvalue weighted by Gasteiger charge is 2.25. The summed E-state index contributed by atoms with van der Waals surface area (Å²) in [4.78, 5) is 0. The van der Waals surface area contributed by atoms with Gasteiger partial charge < -0.3 is 0 Å². The molecule has 0 aliphatic rings. The van der Waals surface area contributed by atoms with Crippen LogP contribution in [-0.2, 0) is 0 Å². The van der Waals surface area contributed by atoms with Crippen LogP contribution >= 0.6 is 0 Å². The van der Waals surface area contributed by atoms with E-state index in [1.807, 2.05) is 0 Å². The summed E-state index contributed by atoms with van der Waals surface area (Å²) in [5, 5.41) is 7.86. The Labute approximate surface area is 180 Å². The van der Waals surface area contributed by atoms with Gasteiger partial charge in [0.1, 0.15) is 0 Å². The fourth-order valence-electron chi connectivity index (χ4n) is 5.29. The van der Waals surface area contributed by atoms with Gasteiger partial charge in [-0.3, -0.25) is 0 Å². The number of pyridine rings is 3. The van der Waals surface area contributed by atoms with E-state index in [1.165, 1.54) is 65.6 Å². The molecule has 0 fully saturated rings. The van der Waals surface area contributed by atoms with E-state index in [4.69, 9.17) is 0 Å². The number of rotatable bonds is 1. The quantitative estimate of drug-likeness (QED) is 0.155. The largest absolute Gasteiger partial charge is 0.227 e. The van der Waals surface area contributed by atoms with E-state index in [0.29, 0.717) is 0 Å². The van der Waals surface area contributed by atoms with E-state index in [1.54, 1.807) is 0 Å². The fourth-order valence-corrected chi connectivity index (χ4v) is 5.29. The third-order valence-electron chi connectivity index (χ3n) is 6.67. The normalized spacial score (nSPS) is 12.0. The molecule has 3 aromatic heterocycles. The Morgan fingerprint density at radius 2 is 1.06 bits per heavy atom. The van der Waals surface area contributed by atoms with Crippen LogP contribution in [0.2, 0.25) is 0 Å². The second-order valence-electron chi connectivity index (χ2n) is 8.51. The van der Waals surface area contributed by atoms with Gasteiger partial charge in [0.25, 0.3) is 0 Å². The summed E-state index contributed by atoms with van der Waals surface area (Å²) in [6.07, 6.45) is 0. The zero-order valence-electron chi connectivity index (χ0n) is 17.3. The van der Waals surface area contributed by atoms with E-state index >= 15 is 0 Å². The van der Waals surface area contributed by atoms with Gasteiger partial charge >= 0.3 is 0 Å². The van der Waals surface area contributed by atoms with Crippen molar-refractivity contribution in [3.63, 3.8) is 0 Å². The maximum atomic E-state index is 2.48. The summed E-state index contributed by atoms with van der Waals surface area (Å²) in [7, 11) is 0. The van der Waals surface area contributed by atoms with Gasteiger partial charge in [0.05, 0.1) is 21.5 Å². The summed E-state index contributed by atoms with van der Waals surface area (Å²) in [6, 6.07) is 37.8. The molecule has 0 spiro atoms. The first kappa shape index (κ1) is 16.8. The van der Waals surface area contributed by atoms with Gasteiger partial charge in [-0.15, -0.1) is 0 Å². The fraction of sp³-hybridized carbons (Fsp3) is 0.0333. The van der Waals surface area contributed by atoms with Crippen LogP contribution in [0.3, 0.4) is 0 Å². The Bertz CT molecular complexity index is 1780. The molecule has 0 unspecified atom stereocenters. The molecule has 0 saturated heterocycles. The number of nitrogens with zero attached hydrogens (tertiary/aromatic N) is 1. The minimum atomic E-state index is 1.25. The van der Waals surface area contributed by atoms with E-state index in [-0.39, 0.29) is 0 Å². The van der Waals surface area contributed by atoms with Crippen LogP contribution in [0.4, 0.5) is 0 Å². The van der Waals surface area contributed by atoms with Crippen LogP contribution in [0, 0.1) is 6.92 Å². The smallest absolute Gasteiger partial charge is 0.152 e. The molecule has 7 rings (SSSR count). The summed E-state index contributed by atoms with van der Waals surface area (Å²) in [5.41, 5.74) is 7.63. The van der Waals surface area contributed by atoms with Crippen LogP contribution in [0.1, 0.15) is 5.56 Å². The summed E-state index contributed by atoms with van der Waals surface area (Å²) >= 11 is 0. The summed E-state index contributed by atoms with van der Waals surface area (Å²) in [5.74, 6) is 0. The lowest BCUT2D eigenvalue weighted by molar-refractivity contribution is -0.448. The van der Waals surface area contributed by atoms with Crippen molar-refractivity contribution in [3.05, 3.63) is 109 Å². The van der Waals surface area contributed by atoms with Gasteiger partial charge in [0, 0.05) is 22.9 Å². The summed E-state index contributed by atoms with van der Waals surface area (Å²) < 4.78 is 2.48. The lowest BCUT2D eigenvalue weighted by Crippen LogP contribution is -2.26. The average Bonchev–Trinajstić information content (AvgIpc) is 2.83. The molecule has 3 heterocycles. The molecule has 0 saturated carbocycles. The highest BCUT2D eigenvalue weighted by Crippen LogP contribution is 2.37. The maximum Gasteiger partial charge on any atom is 0.227 e. The molecule has 0 amide bonds. The molecule has 0 bridgehead atoms. The lowest BCUT2D eigenvalue weighted by Gasteiger charge is -2.13. The van der Waals surface area contributed by atoms with Gasteiger partial charge in [0.2, 0.25) is 16.6 Å². The average molecular weight is 394 g/mol. The van der Waals surface area contributed by atoms with Gasteiger partial charge in [-0.25, -0.2) is 0 Å². The van der Waals surface area contributed by atoms with Crippen LogP contribution in [0.15, 0.2) is 103 Å². The van der Waals surface area contributed by atoms with E-state index < -0.39 is 0 Å². The zero-order chi connectivity index (χ0) is 20.5. The predicted molar refractivity (Wildman–Crippen MR) is 131 cm³/mol. The first-order valence-corrected chi connectivity index (χ1v) is 10.8. The van der Waals surface area contributed by atoms with Crippen LogP contribution in [-0.4, -0.2) is 0 Å². The Morgan fingerprint density at radius 1 is 0.452 bits per heavy atom. The van der Waals surface area contributed by atoms with Crippen LogP contribution < -0.4 is 4.40 Å². The van der Waals surface area contributed by atoms with Gasteiger partial charge in [-0.2, -0.15) is 4.40 Å². The highest BCUT2D eigenvalue weighted by molar-refractivity contribution is 6.21. The number of aryl methyl sites for hydroxylation is 1. The van der Waals surface area contributed by atoms with E-state index in [9.17, 15) is 0 Å². The molecule has 0 radical (unpaired) electrons. The van der Waals surface area contributed by atoms with E-state index in [0.717, 1.165) is 0 Å². The SMILES string of the molecule is Cc1ccc2c(c1)c1cccc3c4ccccc4c4cc(-c5ccccc5)cc2[n+]4c31. The van der Waals surface area contributed by atoms with Crippen molar-refractivity contribution in [1.82, 2.24) is 0 Å². The third-order valence-corrected chi connectivity index (χ3v) is 6.67. The Kier molecular flexibility index (Phi) is 3.26. The second kappa shape index (κ2) is 6.02. The van der Waals surface area contributed by atoms with Gasteiger partial charge in [-0.1, -0.05) is 72.3 Å². The molecule has 144 valence electrons. The monoisotopic (exact) mass is 394 g/mol. The minimum Gasteiger partial charge on any atom is -0.152 e. The Morgan fingerprint density at radius 3 is 1.84 bits per heavy atom. The van der Waals surface area contributed by atoms with Crippen molar-refractivity contribution in [2.75, 3.05) is 0 Å². The van der Waals surface area contributed by atoms with Crippen LogP contribution in [0.5, 0.6) is 0 Å². The molecule has 0 atom stereocenters. The molecule has 0 aliphatic heterocycles. The van der Waals surface area contributed by atoms with Crippen molar-refractivity contribution >= 4 is 48.9 Å². The second-order valence-corrected chi connectivity index (χ2v) is 8.51. The number of hydrogen-bond acceptors (Lipinski definition) is 0. The predicted octanol–water partition coefficient (Wildman–Crippen LogP) is 7.45. The van der Waals surface area contributed by atoms with Crippen molar-refractivity contribution < 1.29 is 4.40 Å². The van der Waals surface area contributed by atoms with Crippen molar-refractivity contribution in [3.8, 4) is 11.1 Å². The molecular weight excluding hydrogens is 374 g/mol. The highest BCUT2D eigenvalue weighted by atomic mass is 14.9. The third kappa shape index (κ3) is 2.23. The van der Waals surface area contributed by atoms with E-state index in [2.05, 4.69) is 114 Å². The van der Waals surface area contributed by atoms with Crippen molar-refractivity contribution in [2.45, 2.75) is 6.92 Å². The molecule has 1 heteroatoms. The van der Waals surface area contributed by atoms with Crippen molar-refractivity contribution in [1.29, 1.82) is 0 Å². The maximum absolute atomic E-state index is 2.48. The lowest BCUT2D eigenvalue weighted by atomic mass is 9.94. The molecular formula is C30H20N+. The first-order chi connectivity index (χ1) is 15.3. The molecule has 4 aromatic carbocycles. The first-order valence-electron chi connectivity index (χ1n) is 10.8. The Hall–Kier alpha value is -3.97.